The van der Waals surface area contributed by atoms with Crippen LogP contribution in [-0.4, -0.2) is 43.8 Å². The van der Waals surface area contributed by atoms with Crippen LogP contribution in [-0.2, 0) is 26.2 Å². The third-order valence-corrected chi connectivity index (χ3v) is 8.29. The Bertz CT molecular complexity index is 1390. The van der Waals surface area contributed by atoms with Crippen molar-refractivity contribution in [2.75, 3.05) is 10.8 Å². The van der Waals surface area contributed by atoms with Crippen LogP contribution >= 0.6 is 11.6 Å². The number of nitrogens with zero attached hydrogens (tertiary/aromatic N) is 2. The van der Waals surface area contributed by atoms with E-state index in [-0.39, 0.29) is 23.4 Å². The molecule has 0 spiro atoms. The second kappa shape index (κ2) is 13.1. The largest absolute Gasteiger partial charge is 0.352 e. The SMILES string of the molecule is CC[C@@H](C(=O)NC(C)C)N(Cc1cccc(C)c1)C(=O)CN(c1ccc(C)cc1)S(=O)(=O)c1ccc(Cl)cc1. The number of hydrogen-bond donors (Lipinski definition) is 1. The summed E-state index contributed by atoms with van der Waals surface area (Å²) in [6, 6.07) is 19.5. The Morgan fingerprint density at radius 1 is 0.923 bits per heavy atom. The van der Waals surface area contributed by atoms with Crippen molar-refractivity contribution in [2.24, 2.45) is 0 Å². The van der Waals surface area contributed by atoms with E-state index in [0.717, 1.165) is 21.0 Å². The molecule has 3 aromatic carbocycles. The fourth-order valence-corrected chi connectivity index (χ4v) is 5.82. The molecule has 208 valence electrons. The van der Waals surface area contributed by atoms with Gasteiger partial charge in [0.05, 0.1) is 10.6 Å². The normalized spacial score (nSPS) is 12.2. The van der Waals surface area contributed by atoms with Gasteiger partial charge in [-0.05, 0) is 76.1 Å². The number of carbonyl (C=O) groups is 2. The monoisotopic (exact) mass is 569 g/mol. The number of nitrogens with one attached hydrogen (secondary N) is 1. The first-order valence-corrected chi connectivity index (χ1v) is 14.7. The summed E-state index contributed by atoms with van der Waals surface area (Å²) in [5.74, 6) is -0.767. The van der Waals surface area contributed by atoms with Gasteiger partial charge >= 0.3 is 0 Å². The van der Waals surface area contributed by atoms with E-state index in [4.69, 9.17) is 11.6 Å². The average molecular weight is 570 g/mol. The lowest BCUT2D eigenvalue weighted by Gasteiger charge is -2.33. The third kappa shape index (κ3) is 7.83. The molecule has 7 nitrogen and oxygen atoms in total. The van der Waals surface area contributed by atoms with E-state index >= 15 is 0 Å². The van der Waals surface area contributed by atoms with Crippen molar-refractivity contribution in [3.05, 3.63) is 94.5 Å². The summed E-state index contributed by atoms with van der Waals surface area (Å²) in [6.45, 7) is 9.08. The zero-order chi connectivity index (χ0) is 28.7. The van der Waals surface area contributed by atoms with Gasteiger partial charge in [0.2, 0.25) is 11.8 Å². The van der Waals surface area contributed by atoms with E-state index in [1.165, 1.54) is 29.2 Å². The Labute approximate surface area is 236 Å². The molecule has 0 aromatic heterocycles. The molecule has 3 rings (SSSR count). The van der Waals surface area contributed by atoms with Gasteiger partial charge < -0.3 is 10.2 Å². The smallest absolute Gasteiger partial charge is 0.264 e. The Balaban J connectivity index is 2.06. The molecule has 3 aromatic rings. The second-order valence-electron chi connectivity index (χ2n) is 9.90. The lowest BCUT2D eigenvalue weighted by atomic mass is 10.1. The van der Waals surface area contributed by atoms with Crippen LogP contribution in [0.25, 0.3) is 0 Å². The highest BCUT2D eigenvalue weighted by molar-refractivity contribution is 7.92. The van der Waals surface area contributed by atoms with Crippen LogP contribution in [0.1, 0.15) is 43.9 Å². The average Bonchev–Trinajstić information content (AvgIpc) is 2.87. The van der Waals surface area contributed by atoms with E-state index in [1.54, 1.807) is 24.3 Å². The van der Waals surface area contributed by atoms with E-state index < -0.39 is 28.5 Å². The van der Waals surface area contributed by atoms with Crippen molar-refractivity contribution in [3.63, 3.8) is 0 Å². The minimum Gasteiger partial charge on any atom is -0.352 e. The summed E-state index contributed by atoms with van der Waals surface area (Å²) in [6.07, 6.45) is 0.366. The summed E-state index contributed by atoms with van der Waals surface area (Å²) < 4.78 is 28.8. The van der Waals surface area contributed by atoms with Crippen LogP contribution in [0.3, 0.4) is 0 Å². The fraction of sp³-hybridized carbons (Fsp3) is 0.333. The number of amides is 2. The summed E-state index contributed by atoms with van der Waals surface area (Å²) in [4.78, 5) is 28.7. The Kier molecular flexibility index (Phi) is 10.2. The highest BCUT2D eigenvalue weighted by atomic mass is 35.5. The maximum Gasteiger partial charge on any atom is 0.264 e. The van der Waals surface area contributed by atoms with Crippen LogP contribution in [0.4, 0.5) is 5.69 Å². The van der Waals surface area contributed by atoms with Crippen molar-refractivity contribution < 1.29 is 18.0 Å². The summed E-state index contributed by atoms with van der Waals surface area (Å²) >= 11 is 6.00. The van der Waals surface area contributed by atoms with E-state index in [1.807, 2.05) is 58.9 Å². The summed E-state index contributed by atoms with van der Waals surface area (Å²) in [5.41, 5.74) is 3.17. The predicted molar refractivity (Wildman–Crippen MR) is 156 cm³/mol. The molecule has 0 heterocycles. The molecule has 0 bridgehead atoms. The quantitative estimate of drug-likeness (QED) is 0.331. The van der Waals surface area contributed by atoms with Crippen molar-refractivity contribution in [1.29, 1.82) is 0 Å². The lowest BCUT2D eigenvalue weighted by Crippen LogP contribution is -2.53. The molecule has 0 saturated carbocycles. The number of benzene rings is 3. The molecule has 2 amide bonds. The maximum atomic E-state index is 14.0. The number of halogens is 1. The highest BCUT2D eigenvalue weighted by Crippen LogP contribution is 2.26. The molecule has 1 atom stereocenters. The van der Waals surface area contributed by atoms with Gasteiger partial charge in [-0.2, -0.15) is 0 Å². The van der Waals surface area contributed by atoms with Gasteiger partial charge in [0.25, 0.3) is 10.0 Å². The van der Waals surface area contributed by atoms with Crippen LogP contribution in [0.5, 0.6) is 0 Å². The lowest BCUT2D eigenvalue weighted by molar-refractivity contribution is -0.140. The molecule has 0 unspecified atom stereocenters. The Morgan fingerprint density at radius 3 is 2.13 bits per heavy atom. The van der Waals surface area contributed by atoms with Crippen molar-refractivity contribution >= 4 is 39.1 Å². The molecule has 0 radical (unpaired) electrons. The van der Waals surface area contributed by atoms with Crippen LogP contribution in [0.2, 0.25) is 5.02 Å². The number of hydrogen-bond acceptors (Lipinski definition) is 4. The second-order valence-corrected chi connectivity index (χ2v) is 12.2. The first kappa shape index (κ1) is 30.2. The van der Waals surface area contributed by atoms with E-state index in [9.17, 15) is 18.0 Å². The zero-order valence-electron chi connectivity index (χ0n) is 23.0. The number of carbonyl (C=O) groups excluding carboxylic acids is 2. The highest BCUT2D eigenvalue weighted by Gasteiger charge is 2.33. The molecule has 39 heavy (non-hydrogen) atoms. The van der Waals surface area contributed by atoms with Gasteiger partial charge in [-0.15, -0.1) is 0 Å². The first-order valence-electron chi connectivity index (χ1n) is 12.9. The molecule has 1 N–H and O–H groups in total. The minimum atomic E-state index is -4.14. The van der Waals surface area contributed by atoms with E-state index in [2.05, 4.69) is 5.32 Å². The molecule has 0 fully saturated rings. The van der Waals surface area contributed by atoms with Crippen LogP contribution < -0.4 is 9.62 Å². The van der Waals surface area contributed by atoms with Gasteiger partial charge in [0.15, 0.2) is 0 Å². The molecule has 0 aliphatic rings. The van der Waals surface area contributed by atoms with Crippen molar-refractivity contribution in [2.45, 2.75) is 64.6 Å². The third-order valence-electron chi connectivity index (χ3n) is 6.25. The fourth-order valence-electron chi connectivity index (χ4n) is 4.28. The topological polar surface area (TPSA) is 86.8 Å². The van der Waals surface area contributed by atoms with Gasteiger partial charge in [-0.3, -0.25) is 13.9 Å². The van der Waals surface area contributed by atoms with Crippen LogP contribution in [0, 0.1) is 13.8 Å². The standard InChI is InChI=1S/C30H36ClN3O4S/c1-6-28(30(36)32-21(2)3)33(19-24-9-7-8-23(5)18-24)29(35)20-34(26-14-10-22(4)11-15-26)39(37,38)27-16-12-25(31)13-17-27/h7-18,21,28H,6,19-20H2,1-5H3,(H,32,36)/t28-/m0/s1. The van der Waals surface area contributed by atoms with Crippen LogP contribution in [0.15, 0.2) is 77.7 Å². The van der Waals surface area contributed by atoms with Gasteiger partial charge in [-0.1, -0.05) is 66.0 Å². The summed E-state index contributed by atoms with van der Waals surface area (Å²) in [5, 5.41) is 3.30. The minimum absolute atomic E-state index is 0.00935. The Hall–Kier alpha value is -3.36. The molecule has 0 aliphatic heterocycles. The van der Waals surface area contributed by atoms with Gasteiger partial charge in [0, 0.05) is 17.6 Å². The zero-order valence-corrected chi connectivity index (χ0v) is 24.6. The summed E-state index contributed by atoms with van der Waals surface area (Å²) in [7, 11) is -4.14. The molecule has 9 heteroatoms. The number of anilines is 1. The molecular formula is C30H36ClN3O4S. The number of aryl methyl sites for hydroxylation is 2. The van der Waals surface area contributed by atoms with Gasteiger partial charge in [0.1, 0.15) is 12.6 Å². The number of sulfonamides is 1. The van der Waals surface area contributed by atoms with Gasteiger partial charge in [-0.25, -0.2) is 8.42 Å². The molecule has 0 saturated heterocycles. The Morgan fingerprint density at radius 2 is 1.56 bits per heavy atom. The number of rotatable bonds is 11. The maximum absolute atomic E-state index is 14.0. The molecule has 0 aliphatic carbocycles. The first-order chi connectivity index (χ1) is 18.4. The molecular weight excluding hydrogens is 534 g/mol. The van der Waals surface area contributed by atoms with E-state index in [0.29, 0.717) is 17.1 Å². The van der Waals surface area contributed by atoms with Crippen molar-refractivity contribution in [1.82, 2.24) is 10.2 Å². The predicted octanol–water partition coefficient (Wildman–Crippen LogP) is 5.48. The van der Waals surface area contributed by atoms with Crippen molar-refractivity contribution in [3.8, 4) is 0 Å².